The number of pyridine rings is 1. The van der Waals surface area contributed by atoms with Gasteiger partial charge >= 0.3 is 0 Å². The quantitative estimate of drug-likeness (QED) is 0.472. The summed E-state index contributed by atoms with van der Waals surface area (Å²) in [5, 5.41) is 2.84. The Bertz CT molecular complexity index is 1450. The lowest BCUT2D eigenvalue weighted by molar-refractivity contribution is -0.130. The maximum atomic E-state index is 14.0. The molecule has 1 fully saturated rings. The van der Waals surface area contributed by atoms with E-state index in [1.807, 2.05) is 16.7 Å². The van der Waals surface area contributed by atoms with Crippen molar-refractivity contribution in [1.82, 2.24) is 14.8 Å². The van der Waals surface area contributed by atoms with Gasteiger partial charge < -0.3 is 29.0 Å². The third-order valence-corrected chi connectivity index (χ3v) is 7.28. The summed E-state index contributed by atoms with van der Waals surface area (Å²) >= 11 is 0. The van der Waals surface area contributed by atoms with Gasteiger partial charge in [0.1, 0.15) is 5.70 Å². The first-order valence-electron chi connectivity index (χ1n) is 12.8. The van der Waals surface area contributed by atoms with Gasteiger partial charge in [0.05, 0.1) is 21.3 Å². The maximum absolute atomic E-state index is 14.0. The smallest absolute Gasteiger partial charge is 0.270 e. The standard InChI is InChI=1S/C30H31N3O6/c1-37-25-14-19(15-26(38-2)28(25)39-3)13-23(31-29(35)21-8-5-4-6-9-21)30(36)32-16-20-12-22(18-32)24-10-7-11-27(34)33(24)17-20/h4-11,13-15,20,22H,12,16-18H2,1-3H3,(H,31,35). The van der Waals surface area contributed by atoms with Crippen molar-refractivity contribution >= 4 is 17.9 Å². The number of nitrogens with one attached hydrogen (secondary N) is 1. The van der Waals surface area contributed by atoms with Crippen molar-refractivity contribution < 1.29 is 23.8 Å². The molecular weight excluding hydrogens is 498 g/mol. The molecule has 0 spiro atoms. The highest BCUT2D eigenvalue weighted by Gasteiger charge is 2.37. The van der Waals surface area contributed by atoms with E-state index >= 15 is 0 Å². The van der Waals surface area contributed by atoms with Crippen LogP contribution in [0.25, 0.3) is 6.08 Å². The summed E-state index contributed by atoms with van der Waals surface area (Å²) in [5.74, 6) is 0.787. The van der Waals surface area contributed by atoms with Crippen LogP contribution in [0.2, 0.25) is 0 Å². The Balaban J connectivity index is 1.51. The van der Waals surface area contributed by atoms with Crippen molar-refractivity contribution in [2.75, 3.05) is 34.4 Å². The molecule has 2 bridgehead atoms. The lowest BCUT2D eigenvalue weighted by Gasteiger charge is -2.43. The van der Waals surface area contributed by atoms with E-state index < -0.39 is 5.91 Å². The van der Waals surface area contributed by atoms with Gasteiger partial charge in [-0.1, -0.05) is 24.3 Å². The van der Waals surface area contributed by atoms with E-state index in [9.17, 15) is 14.4 Å². The second-order valence-corrected chi connectivity index (χ2v) is 9.75. The number of aromatic nitrogens is 1. The summed E-state index contributed by atoms with van der Waals surface area (Å²) in [5.41, 5.74) is 2.09. The highest BCUT2D eigenvalue weighted by molar-refractivity contribution is 6.05. The number of piperidine rings is 1. The molecule has 2 aliphatic rings. The third-order valence-electron chi connectivity index (χ3n) is 7.28. The number of methoxy groups -OCH3 is 3. The minimum absolute atomic E-state index is 0.0138. The fourth-order valence-corrected chi connectivity index (χ4v) is 5.52. The Labute approximate surface area is 226 Å². The fraction of sp³-hybridized carbons (Fsp3) is 0.300. The van der Waals surface area contributed by atoms with Gasteiger partial charge in [0.2, 0.25) is 5.75 Å². The number of rotatable bonds is 7. The van der Waals surface area contributed by atoms with Crippen LogP contribution in [0.5, 0.6) is 17.2 Å². The number of hydrogen-bond acceptors (Lipinski definition) is 6. The van der Waals surface area contributed by atoms with Crippen LogP contribution in [-0.4, -0.2) is 55.7 Å². The first-order chi connectivity index (χ1) is 18.9. The molecule has 0 aliphatic carbocycles. The van der Waals surface area contributed by atoms with Crippen LogP contribution >= 0.6 is 0 Å². The zero-order valence-corrected chi connectivity index (χ0v) is 22.2. The Morgan fingerprint density at radius 2 is 1.62 bits per heavy atom. The average molecular weight is 530 g/mol. The molecule has 1 N–H and O–H groups in total. The van der Waals surface area contributed by atoms with Crippen LogP contribution in [-0.2, 0) is 11.3 Å². The van der Waals surface area contributed by atoms with Gasteiger partial charge in [-0.05, 0) is 54.3 Å². The summed E-state index contributed by atoms with van der Waals surface area (Å²) in [7, 11) is 4.55. The summed E-state index contributed by atoms with van der Waals surface area (Å²) in [6.07, 6.45) is 2.53. The molecule has 9 heteroatoms. The highest BCUT2D eigenvalue weighted by Crippen LogP contribution is 2.39. The molecule has 39 heavy (non-hydrogen) atoms. The van der Waals surface area contributed by atoms with E-state index in [1.165, 1.54) is 21.3 Å². The molecule has 5 rings (SSSR count). The number of carbonyl (C=O) groups is 2. The Morgan fingerprint density at radius 3 is 2.28 bits per heavy atom. The average Bonchev–Trinajstić information content (AvgIpc) is 2.96. The lowest BCUT2D eigenvalue weighted by Crippen LogP contribution is -2.50. The summed E-state index contributed by atoms with van der Waals surface area (Å²) < 4.78 is 18.2. The number of ether oxygens (including phenoxy) is 3. The lowest BCUT2D eigenvalue weighted by atomic mass is 9.83. The second-order valence-electron chi connectivity index (χ2n) is 9.75. The van der Waals surface area contributed by atoms with Gasteiger partial charge in [-0.3, -0.25) is 14.4 Å². The van der Waals surface area contributed by atoms with Gasteiger partial charge in [-0.15, -0.1) is 0 Å². The van der Waals surface area contributed by atoms with Crippen molar-refractivity contribution in [2.24, 2.45) is 5.92 Å². The number of benzene rings is 2. The zero-order valence-electron chi connectivity index (χ0n) is 22.2. The molecule has 3 aromatic rings. The van der Waals surface area contributed by atoms with Crippen LogP contribution in [0.4, 0.5) is 0 Å². The van der Waals surface area contributed by atoms with Crippen molar-refractivity contribution in [1.29, 1.82) is 0 Å². The number of amides is 2. The molecule has 0 radical (unpaired) electrons. The highest BCUT2D eigenvalue weighted by atomic mass is 16.5. The molecule has 202 valence electrons. The molecule has 2 aliphatic heterocycles. The van der Waals surface area contributed by atoms with E-state index in [0.29, 0.717) is 48.0 Å². The van der Waals surface area contributed by atoms with E-state index in [2.05, 4.69) is 5.32 Å². The summed E-state index contributed by atoms with van der Waals surface area (Å²) in [4.78, 5) is 41.3. The van der Waals surface area contributed by atoms with Crippen LogP contribution in [0, 0.1) is 5.92 Å². The second kappa shape index (κ2) is 11.1. The fourth-order valence-electron chi connectivity index (χ4n) is 5.52. The van der Waals surface area contributed by atoms with Crippen LogP contribution in [0.15, 0.2) is 71.2 Å². The molecule has 2 aromatic carbocycles. The first-order valence-corrected chi connectivity index (χ1v) is 12.8. The maximum Gasteiger partial charge on any atom is 0.270 e. The minimum Gasteiger partial charge on any atom is -0.493 e. The number of fused-ring (bicyclic) bond motifs is 4. The molecular formula is C30H31N3O6. The molecule has 9 nitrogen and oxygen atoms in total. The van der Waals surface area contributed by atoms with Gasteiger partial charge in [0, 0.05) is 42.9 Å². The van der Waals surface area contributed by atoms with Gasteiger partial charge in [0.25, 0.3) is 17.4 Å². The molecule has 1 saturated heterocycles. The Hall–Kier alpha value is -4.53. The predicted molar refractivity (Wildman–Crippen MR) is 146 cm³/mol. The topological polar surface area (TPSA) is 99.1 Å². The van der Waals surface area contributed by atoms with Crippen molar-refractivity contribution in [3.05, 3.63) is 93.5 Å². The Kier molecular flexibility index (Phi) is 7.40. The van der Waals surface area contributed by atoms with E-state index in [0.717, 1.165) is 12.1 Å². The van der Waals surface area contributed by atoms with Crippen molar-refractivity contribution in [3.63, 3.8) is 0 Å². The van der Waals surface area contributed by atoms with Crippen LogP contribution in [0.3, 0.4) is 0 Å². The normalized spacial score (nSPS) is 18.1. The molecule has 2 amide bonds. The zero-order chi connectivity index (χ0) is 27.5. The number of nitrogens with zero attached hydrogens (tertiary/aromatic N) is 2. The van der Waals surface area contributed by atoms with Gasteiger partial charge in [-0.25, -0.2) is 0 Å². The Morgan fingerprint density at radius 1 is 0.897 bits per heavy atom. The van der Waals surface area contributed by atoms with E-state index in [-0.39, 0.29) is 29.0 Å². The first kappa shape index (κ1) is 26.1. The number of carbonyl (C=O) groups excluding carboxylic acids is 2. The number of hydrogen-bond donors (Lipinski definition) is 1. The molecule has 3 heterocycles. The van der Waals surface area contributed by atoms with E-state index in [4.69, 9.17) is 14.2 Å². The van der Waals surface area contributed by atoms with Crippen LogP contribution in [0.1, 0.15) is 34.0 Å². The molecule has 1 aromatic heterocycles. The van der Waals surface area contributed by atoms with Crippen molar-refractivity contribution in [3.8, 4) is 17.2 Å². The minimum atomic E-state index is -0.392. The molecule has 2 atom stereocenters. The van der Waals surface area contributed by atoms with Crippen molar-refractivity contribution in [2.45, 2.75) is 18.9 Å². The van der Waals surface area contributed by atoms with Gasteiger partial charge in [-0.2, -0.15) is 0 Å². The predicted octanol–water partition coefficient (Wildman–Crippen LogP) is 3.29. The largest absolute Gasteiger partial charge is 0.493 e. The monoisotopic (exact) mass is 529 g/mol. The molecule has 0 saturated carbocycles. The summed E-state index contributed by atoms with van der Waals surface area (Å²) in [6.45, 7) is 1.51. The molecule has 2 unspecified atom stereocenters. The van der Waals surface area contributed by atoms with E-state index in [1.54, 1.807) is 59.5 Å². The van der Waals surface area contributed by atoms with Gasteiger partial charge in [0.15, 0.2) is 11.5 Å². The SMILES string of the molecule is COc1cc(C=C(NC(=O)c2ccccc2)C(=O)N2CC3CC(C2)c2cccc(=O)n2C3)cc(OC)c1OC. The summed E-state index contributed by atoms with van der Waals surface area (Å²) in [6, 6.07) is 17.5. The number of likely N-dealkylation sites (tertiary alicyclic amines) is 1. The third kappa shape index (κ3) is 5.25. The van der Waals surface area contributed by atoms with Crippen LogP contribution < -0.4 is 25.1 Å².